The summed E-state index contributed by atoms with van der Waals surface area (Å²) in [5.74, 6) is -0.729. The normalized spacial score (nSPS) is 11.7. The highest BCUT2D eigenvalue weighted by molar-refractivity contribution is 5.86. The fraction of sp³-hybridized carbons (Fsp3) is 0.250. The molecule has 142 valence electrons. The van der Waals surface area contributed by atoms with Gasteiger partial charge in [0.05, 0.1) is 19.0 Å². The van der Waals surface area contributed by atoms with Gasteiger partial charge in [-0.3, -0.25) is 13.9 Å². The quantitative estimate of drug-likeness (QED) is 0.637. The fourth-order valence-corrected chi connectivity index (χ4v) is 2.50. The Morgan fingerprint density at radius 3 is 2.56 bits per heavy atom. The van der Waals surface area contributed by atoms with E-state index in [0.717, 1.165) is 22.3 Å². The van der Waals surface area contributed by atoms with Gasteiger partial charge in [0, 0.05) is 7.05 Å². The molecule has 0 bridgehead atoms. The molecule has 0 saturated carbocycles. The van der Waals surface area contributed by atoms with Crippen molar-refractivity contribution in [1.82, 2.24) is 14.1 Å². The molecule has 0 fully saturated rings. The van der Waals surface area contributed by atoms with Gasteiger partial charge in [0.1, 0.15) is 17.1 Å². The summed E-state index contributed by atoms with van der Waals surface area (Å²) in [6, 6.07) is 4.33. The van der Waals surface area contributed by atoms with Crippen LogP contribution in [-0.2, 0) is 24.5 Å². The summed E-state index contributed by atoms with van der Waals surface area (Å²) in [5, 5.41) is -0.162. The first-order valence-electron chi connectivity index (χ1n) is 7.48. The van der Waals surface area contributed by atoms with Crippen molar-refractivity contribution in [3.63, 3.8) is 0 Å². The summed E-state index contributed by atoms with van der Waals surface area (Å²) in [7, 11) is 2.37. The van der Waals surface area contributed by atoms with E-state index in [1.54, 1.807) is 0 Å². The van der Waals surface area contributed by atoms with Crippen molar-refractivity contribution >= 4 is 17.0 Å². The number of pyridine rings is 1. The predicted octanol–water partition coefficient (Wildman–Crippen LogP) is 1.54. The Hall–Kier alpha value is -3.37. The maximum atomic E-state index is 12.8. The molecule has 0 saturated heterocycles. The Morgan fingerprint density at radius 1 is 1.22 bits per heavy atom. The number of alkyl halides is 3. The number of methoxy groups -OCH3 is 1. The zero-order chi connectivity index (χ0) is 19.9. The number of halogens is 3. The van der Waals surface area contributed by atoms with Gasteiger partial charge in [-0.15, -0.1) is 0 Å². The molecule has 11 heteroatoms. The number of rotatable bonds is 3. The molecule has 0 spiro atoms. The fourth-order valence-electron chi connectivity index (χ4n) is 2.50. The molecular formula is C16H12F3N3O5. The lowest BCUT2D eigenvalue weighted by Crippen LogP contribution is -2.39. The monoisotopic (exact) mass is 383 g/mol. The molecule has 3 aromatic heterocycles. The van der Waals surface area contributed by atoms with E-state index in [1.807, 2.05) is 0 Å². The molecule has 3 rings (SSSR count). The van der Waals surface area contributed by atoms with Crippen molar-refractivity contribution in [1.29, 1.82) is 0 Å². The largest absolute Gasteiger partial charge is 0.463 e. The summed E-state index contributed by atoms with van der Waals surface area (Å²) in [6.07, 6.45) is -4.71. The summed E-state index contributed by atoms with van der Waals surface area (Å²) in [4.78, 5) is 39.8. The lowest BCUT2D eigenvalue weighted by molar-refractivity contribution is -0.141. The molecule has 0 aliphatic rings. The van der Waals surface area contributed by atoms with Crippen LogP contribution in [0.1, 0.15) is 22.0 Å². The Balaban J connectivity index is 2.12. The van der Waals surface area contributed by atoms with E-state index in [-0.39, 0.29) is 29.1 Å². The minimum absolute atomic E-state index is 0.116. The molecule has 8 nitrogen and oxygen atoms in total. The van der Waals surface area contributed by atoms with E-state index in [1.165, 1.54) is 19.2 Å². The van der Waals surface area contributed by atoms with E-state index in [9.17, 15) is 27.6 Å². The van der Waals surface area contributed by atoms with Gasteiger partial charge >= 0.3 is 17.8 Å². The first-order chi connectivity index (χ1) is 12.6. The van der Waals surface area contributed by atoms with Gasteiger partial charge in [0.15, 0.2) is 0 Å². The Labute approximate surface area is 148 Å². The van der Waals surface area contributed by atoms with Crippen LogP contribution in [0.4, 0.5) is 13.2 Å². The molecule has 0 aliphatic heterocycles. The van der Waals surface area contributed by atoms with Crippen LogP contribution in [0.25, 0.3) is 11.0 Å². The van der Waals surface area contributed by atoms with Crippen LogP contribution < -0.4 is 11.2 Å². The third-order valence-electron chi connectivity index (χ3n) is 3.84. The molecule has 0 N–H and O–H groups in total. The molecule has 0 unspecified atom stereocenters. The van der Waals surface area contributed by atoms with Gasteiger partial charge < -0.3 is 9.15 Å². The average molecular weight is 383 g/mol. The minimum Gasteiger partial charge on any atom is -0.463 e. The molecular weight excluding hydrogens is 371 g/mol. The van der Waals surface area contributed by atoms with Crippen molar-refractivity contribution in [3.8, 4) is 0 Å². The summed E-state index contributed by atoms with van der Waals surface area (Å²) >= 11 is 0. The predicted molar refractivity (Wildman–Crippen MR) is 85.4 cm³/mol. The zero-order valence-electron chi connectivity index (χ0n) is 14.0. The Bertz CT molecular complexity index is 1160. The van der Waals surface area contributed by atoms with Crippen LogP contribution in [0.15, 0.2) is 38.3 Å². The average Bonchev–Trinajstić information content (AvgIpc) is 3.10. The molecule has 0 aliphatic carbocycles. The van der Waals surface area contributed by atoms with E-state index < -0.39 is 29.1 Å². The number of fused-ring (bicyclic) bond motifs is 1. The lowest BCUT2D eigenvalue weighted by atomic mass is 10.2. The highest BCUT2D eigenvalue weighted by Gasteiger charge is 2.33. The van der Waals surface area contributed by atoms with Crippen LogP contribution >= 0.6 is 0 Å². The van der Waals surface area contributed by atoms with Gasteiger partial charge in [0.25, 0.3) is 5.56 Å². The number of esters is 1. The third kappa shape index (κ3) is 3.23. The molecule has 0 aromatic carbocycles. The standard InChI is InChI=1S/C16H12F3N3O5/c1-21-12-9(4-6-11(20-12)16(17,18)19)13(23)22(15(21)25)7-8-3-5-10(27-8)14(24)26-2/h3-6H,7H2,1-2H3. The molecule has 0 radical (unpaired) electrons. The molecule has 3 aromatic rings. The second kappa shape index (κ2) is 6.41. The second-order valence-electron chi connectivity index (χ2n) is 5.56. The number of furan rings is 1. The van der Waals surface area contributed by atoms with Crippen molar-refractivity contribution in [2.45, 2.75) is 12.7 Å². The van der Waals surface area contributed by atoms with Crippen LogP contribution in [0.3, 0.4) is 0 Å². The summed E-state index contributed by atoms with van der Waals surface area (Å²) in [6.45, 7) is -0.320. The molecule has 3 heterocycles. The first-order valence-corrected chi connectivity index (χ1v) is 7.48. The number of nitrogens with zero attached hydrogens (tertiary/aromatic N) is 3. The highest BCUT2D eigenvalue weighted by Crippen LogP contribution is 2.28. The van der Waals surface area contributed by atoms with Gasteiger partial charge in [-0.25, -0.2) is 14.6 Å². The van der Waals surface area contributed by atoms with Gasteiger partial charge in [-0.05, 0) is 24.3 Å². The van der Waals surface area contributed by atoms with Crippen LogP contribution in [0.5, 0.6) is 0 Å². The number of aryl methyl sites for hydroxylation is 1. The molecule has 0 atom stereocenters. The van der Waals surface area contributed by atoms with Gasteiger partial charge in [0.2, 0.25) is 5.76 Å². The lowest BCUT2D eigenvalue weighted by Gasteiger charge is -2.11. The van der Waals surface area contributed by atoms with E-state index in [4.69, 9.17) is 4.42 Å². The number of hydrogen-bond acceptors (Lipinski definition) is 6. The van der Waals surface area contributed by atoms with E-state index >= 15 is 0 Å². The van der Waals surface area contributed by atoms with Crippen molar-refractivity contribution < 1.29 is 27.1 Å². The smallest absolute Gasteiger partial charge is 0.433 e. The number of hydrogen-bond donors (Lipinski definition) is 0. The van der Waals surface area contributed by atoms with Crippen LogP contribution in [0, 0.1) is 0 Å². The highest BCUT2D eigenvalue weighted by atomic mass is 19.4. The van der Waals surface area contributed by atoms with Crippen molar-refractivity contribution in [2.75, 3.05) is 7.11 Å². The van der Waals surface area contributed by atoms with Gasteiger partial charge in [-0.1, -0.05) is 0 Å². The minimum atomic E-state index is -4.71. The number of carbonyl (C=O) groups is 1. The number of aromatic nitrogens is 3. The SMILES string of the molecule is COC(=O)c1ccc(Cn2c(=O)c3ccc(C(F)(F)F)nc3n(C)c2=O)o1. The number of carbonyl (C=O) groups excluding carboxylic acids is 1. The van der Waals surface area contributed by atoms with Gasteiger partial charge in [-0.2, -0.15) is 13.2 Å². The second-order valence-corrected chi connectivity index (χ2v) is 5.56. The van der Waals surface area contributed by atoms with E-state index in [0.29, 0.717) is 6.07 Å². The van der Waals surface area contributed by atoms with Crippen LogP contribution in [0.2, 0.25) is 0 Å². The van der Waals surface area contributed by atoms with Crippen molar-refractivity contribution in [3.05, 3.63) is 62.3 Å². The number of ether oxygens (including phenoxy) is 1. The molecule has 0 amide bonds. The maximum absolute atomic E-state index is 12.8. The van der Waals surface area contributed by atoms with Crippen LogP contribution in [-0.4, -0.2) is 27.2 Å². The zero-order valence-corrected chi connectivity index (χ0v) is 14.0. The van der Waals surface area contributed by atoms with E-state index in [2.05, 4.69) is 9.72 Å². The Morgan fingerprint density at radius 2 is 1.93 bits per heavy atom. The molecule has 27 heavy (non-hydrogen) atoms. The Kier molecular flexibility index (Phi) is 4.38. The first kappa shape index (κ1) is 18.4. The summed E-state index contributed by atoms with van der Waals surface area (Å²) in [5.41, 5.74) is -3.30. The summed E-state index contributed by atoms with van der Waals surface area (Å²) < 4.78 is 49.8. The maximum Gasteiger partial charge on any atom is 0.433 e. The topological polar surface area (TPSA) is 96.3 Å². The van der Waals surface area contributed by atoms with Crippen molar-refractivity contribution in [2.24, 2.45) is 7.05 Å². The third-order valence-corrected chi connectivity index (χ3v) is 3.84.